The van der Waals surface area contributed by atoms with Gasteiger partial charge in [0.2, 0.25) is 5.88 Å². The minimum atomic E-state index is -4.96. The number of methoxy groups -OCH3 is 1. The maximum absolute atomic E-state index is 13.0. The van der Waals surface area contributed by atoms with E-state index in [1.165, 1.54) is 14.0 Å². The van der Waals surface area contributed by atoms with Crippen LogP contribution in [0.1, 0.15) is 12.5 Å². The van der Waals surface area contributed by atoms with Crippen molar-refractivity contribution in [1.82, 2.24) is 4.98 Å². The van der Waals surface area contributed by atoms with Crippen LogP contribution in [0.15, 0.2) is 30.3 Å². The lowest BCUT2D eigenvalue weighted by molar-refractivity contribution is -0.274. The zero-order valence-corrected chi connectivity index (χ0v) is 19.6. The van der Waals surface area contributed by atoms with Crippen LogP contribution in [0.3, 0.4) is 0 Å². The lowest BCUT2D eigenvalue weighted by atomic mass is 10.2. The Balaban J connectivity index is 2.40. The lowest BCUT2D eigenvalue weighted by Gasteiger charge is -2.24. The Kier molecular flexibility index (Phi) is 9.88. The first-order valence-corrected chi connectivity index (χ1v) is 10.4. The first kappa shape index (κ1) is 30.6. The summed E-state index contributed by atoms with van der Waals surface area (Å²) >= 11 is 0. The molecule has 0 saturated heterocycles. The summed E-state index contributed by atoms with van der Waals surface area (Å²) in [4.78, 5) is 17.6. The second kappa shape index (κ2) is 12.3. The number of anilines is 2. The summed E-state index contributed by atoms with van der Waals surface area (Å²) in [6.45, 7) is -2.64. The molecule has 0 radical (unpaired) electrons. The van der Waals surface area contributed by atoms with Crippen LogP contribution >= 0.6 is 0 Å². The molecule has 0 unspecified atom stereocenters. The van der Waals surface area contributed by atoms with Crippen molar-refractivity contribution in [2.24, 2.45) is 0 Å². The number of nitrogens with zero attached hydrogens (tertiary/aromatic N) is 2. The van der Waals surface area contributed by atoms with Crippen molar-refractivity contribution in [1.29, 1.82) is 0 Å². The van der Waals surface area contributed by atoms with Crippen molar-refractivity contribution in [3.8, 4) is 17.4 Å². The molecule has 0 aliphatic heterocycles. The van der Waals surface area contributed by atoms with E-state index in [4.69, 9.17) is 9.47 Å². The largest absolute Gasteiger partial charge is 0.573 e. The molecule has 0 aliphatic rings. The second-order valence-electron chi connectivity index (χ2n) is 7.26. The number of amides is 2. The molecule has 2 aromatic rings. The average Bonchev–Trinajstić information content (AvgIpc) is 2.78. The fraction of sp³-hybridized carbons (Fsp3) is 0.429. The van der Waals surface area contributed by atoms with Crippen LogP contribution < -0.4 is 24.4 Å². The number of pyridine rings is 1. The number of urea groups is 1. The summed E-state index contributed by atoms with van der Waals surface area (Å²) in [5, 5.41) is 2.23. The number of carbonyl (C=O) groups excluding carboxylic acids is 1. The van der Waals surface area contributed by atoms with Gasteiger partial charge in [-0.25, -0.2) is 4.79 Å². The molecule has 1 aromatic carbocycles. The number of halogens is 9. The molecule has 17 heteroatoms. The number of hydrogen-bond donors (Lipinski definition) is 1. The fourth-order valence-corrected chi connectivity index (χ4v) is 2.87. The second-order valence-corrected chi connectivity index (χ2v) is 7.26. The van der Waals surface area contributed by atoms with Crippen molar-refractivity contribution < 1.29 is 63.3 Å². The zero-order chi connectivity index (χ0) is 28.7. The van der Waals surface area contributed by atoms with Crippen LogP contribution in [0, 0.1) is 0 Å². The molecule has 8 nitrogen and oxygen atoms in total. The van der Waals surface area contributed by atoms with Gasteiger partial charge < -0.3 is 18.9 Å². The van der Waals surface area contributed by atoms with E-state index in [2.05, 4.69) is 19.8 Å². The Bertz CT molecular complexity index is 1070. The highest BCUT2D eigenvalue weighted by Gasteiger charge is 2.32. The van der Waals surface area contributed by atoms with Gasteiger partial charge in [0.05, 0.1) is 0 Å². The Morgan fingerprint density at radius 1 is 0.947 bits per heavy atom. The van der Waals surface area contributed by atoms with Gasteiger partial charge in [0.1, 0.15) is 24.0 Å². The molecule has 0 bridgehead atoms. The SMILES string of the molecule is CCc1c(OCC(F)(F)F)cc(OCC(F)(F)F)nc1NC(=O)N(COC)c1ccc(OC(F)(F)F)cc1. The van der Waals surface area contributed by atoms with Crippen molar-refractivity contribution in [2.45, 2.75) is 32.1 Å². The van der Waals surface area contributed by atoms with Gasteiger partial charge in [0.15, 0.2) is 13.2 Å². The molecule has 0 aliphatic carbocycles. The Labute approximate surface area is 209 Å². The highest BCUT2D eigenvalue weighted by Crippen LogP contribution is 2.33. The highest BCUT2D eigenvalue weighted by atomic mass is 19.4. The number of nitrogens with one attached hydrogen (secondary N) is 1. The van der Waals surface area contributed by atoms with Crippen LogP contribution in [0.5, 0.6) is 17.4 Å². The fourth-order valence-electron chi connectivity index (χ4n) is 2.87. The Morgan fingerprint density at radius 2 is 1.53 bits per heavy atom. The van der Waals surface area contributed by atoms with Crippen LogP contribution in [0.4, 0.5) is 55.8 Å². The topological polar surface area (TPSA) is 82.2 Å². The number of ether oxygens (including phenoxy) is 4. The number of rotatable bonds is 10. The third kappa shape index (κ3) is 10.0. The minimum absolute atomic E-state index is 0.00468. The molecule has 0 spiro atoms. The maximum atomic E-state index is 13.0. The van der Waals surface area contributed by atoms with Gasteiger partial charge in [-0.3, -0.25) is 10.2 Å². The molecule has 2 amide bonds. The van der Waals surface area contributed by atoms with Crippen molar-refractivity contribution in [2.75, 3.05) is 37.3 Å². The number of alkyl halides is 9. The highest BCUT2D eigenvalue weighted by molar-refractivity contribution is 6.01. The van der Waals surface area contributed by atoms with Crippen LogP contribution in [0.25, 0.3) is 0 Å². The molecular weight excluding hydrogens is 545 g/mol. The van der Waals surface area contributed by atoms with E-state index in [0.29, 0.717) is 0 Å². The number of benzene rings is 1. The zero-order valence-electron chi connectivity index (χ0n) is 19.6. The smallest absolute Gasteiger partial charge is 0.483 e. The average molecular weight is 565 g/mol. The van der Waals surface area contributed by atoms with Crippen LogP contribution in [-0.2, 0) is 11.2 Å². The van der Waals surface area contributed by atoms with E-state index in [1.807, 2.05) is 0 Å². The molecule has 0 atom stereocenters. The van der Waals surface area contributed by atoms with Gasteiger partial charge in [0.25, 0.3) is 0 Å². The van der Waals surface area contributed by atoms with Gasteiger partial charge in [-0.1, -0.05) is 6.92 Å². The summed E-state index contributed by atoms with van der Waals surface area (Å²) in [5.41, 5.74) is -0.108. The van der Waals surface area contributed by atoms with Crippen molar-refractivity contribution >= 4 is 17.5 Å². The molecule has 212 valence electrons. The van der Waals surface area contributed by atoms with Gasteiger partial charge in [-0.2, -0.15) is 31.3 Å². The van der Waals surface area contributed by atoms with Gasteiger partial charge in [-0.05, 0) is 30.7 Å². The molecule has 38 heavy (non-hydrogen) atoms. The number of aromatic nitrogens is 1. The maximum Gasteiger partial charge on any atom is 0.573 e. The van der Waals surface area contributed by atoms with Crippen molar-refractivity contribution in [3.05, 3.63) is 35.9 Å². The van der Waals surface area contributed by atoms with Crippen LogP contribution in [-0.4, -0.2) is 56.8 Å². The molecule has 2 rings (SSSR count). The van der Waals surface area contributed by atoms with E-state index < -0.39 is 67.9 Å². The predicted molar refractivity (Wildman–Crippen MR) is 113 cm³/mol. The molecular formula is C21H20F9N3O5. The first-order valence-electron chi connectivity index (χ1n) is 10.4. The third-order valence-corrected chi connectivity index (χ3v) is 4.30. The first-order chi connectivity index (χ1) is 17.5. The standard InChI is InChI=1S/C21H20F9N3O5/c1-3-14-15(36-9-19(22,23)24)8-16(37-10-20(25,26)27)31-17(14)32-18(34)33(11-35-2)12-4-6-13(7-5-12)38-21(28,29)30/h4-8H,3,9-11H2,1-2H3,(H,31,32,34). The van der Waals surface area contributed by atoms with Crippen LogP contribution in [0.2, 0.25) is 0 Å². The van der Waals surface area contributed by atoms with E-state index in [9.17, 15) is 44.3 Å². The van der Waals surface area contributed by atoms with Gasteiger partial charge >= 0.3 is 24.7 Å². The number of carbonyl (C=O) groups is 1. The summed E-state index contributed by atoms with van der Waals surface area (Å²) < 4.78 is 131. The molecule has 0 saturated carbocycles. The van der Waals surface area contributed by atoms with Gasteiger partial charge in [0, 0.05) is 24.4 Å². The van der Waals surface area contributed by atoms with E-state index >= 15 is 0 Å². The minimum Gasteiger partial charge on any atom is -0.483 e. The molecule has 1 N–H and O–H groups in total. The summed E-state index contributed by atoms with van der Waals surface area (Å²) in [6, 6.07) is 3.64. The predicted octanol–water partition coefficient (Wildman–Crippen LogP) is 6.07. The quantitative estimate of drug-likeness (QED) is 0.278. The number of hydrogen-bond acceptors (Lipinski definition) is 6. The summed E-state index contributed by atoms with van der Waals surface area (Å²) in [7, 11) is 1.19. The van der Waals surface area contributed by atoms with Gasteiger partial charge in [-0.15, -0.1) is 13.2 Å². The molecule has 0 fully saturated rings. The Hall–Kier alpha value is -3.63. The summed E-state index contributed by atoms with van der Waals surface area (Å²) in [6.07, 6.45) is -14.6. The normalized spacial score (nSPS) is 12.2. The van der Waals surface area contributed by atoms with E-state index in [-0.39, 0.29) is 17.7 Å². The van der Waals surface area contributed by atoms with E-state index in [1.54, 1.807) is 0 Å². The van der Waals surface area contributed by atoms with Crippen molar-refractivity contribution in [3.63, 3.8) is 0 Å². The molecule has 1 heterocycles. The van der Waals surface area contributed by atoms with E-state index in [0.717, 1.165) is 35.2 Å². The monoisotopic (exact) mass is 565 g/mol. The lowest BCUT2D eigenvalue weighted by Crippen LogP contribution is -2.37. The molecule has 1 aromatic heterocycles. The Morgan fingerprint density at radius 3 is 2.03 bits per heavy atom. The third-order valence-electron chi connectivity index (χ3n) is 4.30. The summed E-state index contributed by atoms with van der Waals surface area (Å²) in [5.74, 6) is -2.40.